The van der Waals surface area contributed by atoms with E-state index < -0.39 is 0 Å². The van der Waals surface area contributed by atoms with Crippen LogP contribution in [0.25, 0.3) is 6.08 Å². The van der Waals surface area contributed by atoms with Gasteiger partial charge in [-0.25, -0.2) is 0 Å². The summed E-state index contributed by atoms with van der Waals surface area (Å²) in [4.78, 5) is 0. The minimum absolute atomic E-state index is 0. The molecule has 0 aliphatic carbocycles. The van der Waals surface area contributed by atoms with Gasteiger partial charge < -0.3 is 7.43 Å². The molecule has 0 aromatic heterocycles. The first-order chi connectivity index (χ1) is 5.93. The van der Waals surface area contributed by atoms with Crippen molar-refractivity contribution in [2.45, 2.75) is 0 Å². The predicted octanol–water partition coefficient (Wildman–Crippen LogP) is 2.48. The van der Waals surface area contributed by atoms with Crippen LogP contribution in [-0.4, -0.2) is 10.5 Å². The molecule has 1 aromatic rings. The minimum atomic E-state index is 0. The molecule has 0 fully saturated rings. The van der Waals surface area contributed by atoms with Crippen LogP contribution >= 0.6 is 0 Å². The Bertz CT molecular complexity index is 189. The molecule has 0 saturated heterocycles. The zero-order valence-electron chi connectivity index (χ0n) is 7.21. The molecular weight excluding hydrogens is 215 g/mol. The summed E-state index contributed by atoms with van der Waals surface area (Å²) in [5.41, 5.74) is 1.05. The van der Waals surface area contributed by atoms with Crippen LogP contribution in [0.15, 0.2) is 30.8 Å². The average Bonchev–Trinajstić information content (AvgIpc) is 2.25. The molecule has 0 unspecified atom stereocenters. The van der Waals surface area contributed by atoms with Crippen molar-refractivity contribution >= 4 is 6.08 Å². The Morgan fingerprint density at radius 3 is 2.15 bits per heavy atom. The number of benzene rings is 1. The molecule has 2 N–H and O–H groups in total. The molecule has 4 heteroatoms. The maximum atomic E-state index is 7.88. The van der Waals surface area contributed by atoms with E-state index in [1.54, 1.807) is 6.08 Å². The van der Waals surface area contributed by atoms with Gasteiger partial charge in [0.05, 0.1) is 0 Å². The topological polar surface area (TPSA) is 57.5 Å². The molecule has 0 aliphatic heterocycles. The fourth-order valence-corrected chi connectivity index (χ4v) is 0.534. The van der Waals surface area contributed by atoms with Crippen molar-refractivity contribution in [2.24, 2.45) is 0 Å². The first-order valence-electron chi connectivity index (χ1n) is 2.85. The third-order valence-electron chi connectivity index (χ3n) is 0.953. The van der Waals surface area contributed by atoms with Gasteiger partial charge >= 0.3 is 19.3 Å². The second kappa shape index (κ2) is 17.3. The number of hydrogen-bond donors (Lipinski definition) is 2. The van der Waals surface area contributed by atoms with Crippen LogP contribution in [0.3, 0.4) is 0 Å². The summed E-state index contributed by atoms with van der Waals surface area (Å²) in [6.07, 6.45) is 1.78. The summed E-state index contributed by atoms with van der Waals surface area (Å²) in [7, 11) is 0. The van der Waals surface area contributed by atoms with E-state index in [0.717, 1.165) is 5.56 Å². The Hall–Kier alpha value is -0.826. The van der Waals surface area contributed by atoms with E-state index in [0.29, 0.717) is 0 Å². The Labute approximate surface area is 86.2 Å². The van der Waals surface area contributed by atoms with Crippen molar-refractivity contribution in [1.29, 1.82) is 0 Å². The summed E-state index contributed by atoms with van der Waals surface area (Å²) in [5, 5.41) is 12.0. The van der Waals surface area contributed by atoms with Crippen LogP contribution in [0.5, 0.6) is 0 Å². The summed E-state index contributed by atoms with van der Waals surface area (Å²) in [6.45, 7) is 3.60. The monoisotopic (exact) mass is 226 g/mol. The fraction of sp³-hybridized carbons (Fsp3) is 0. The first-order valence-corrected chi connectivity index (χ1v) is 3.26. The van der Waals surface area contributed by atoms with Gasteiger partial charge in [-0.15, -0.1) is 43.0 Å². The van der Waals surface area contributed by atoms with Crippen molar-refractivity contribution < 1.29 is 29.8 Å². The predicted molar refractivity (Wildman–Crippen MR) is 47.7 cm³/mol. The van der Waals surface area contributed by atoms with Crippen LogP contribution in [-0.2, 0) is 19.3 Å². The summed E-state index contributed by atoms with van der Waals surface area (Å²) in [6, 6.07) is 10.7. The fourth-order valence-electron chi connectivity index (χ4n) is 0.534. The molecule has 0 radical (unpaired) electrons. The third-order valence-corrected chi connectivity index (χ3v) is 0.953. The van der Waals surface area contributed by atoms with Crippen molar-refractivity contribution in [1.82, 2.24) is 0 Å². The van der Waals surface area contributed by atoms with Crippen molar-refractivity contribution in [2.75, 3.05) is 0 Å². The van der Waals surface area contributed by atoms with E-state index in [-0.39, 0.29) is 7.43 Å². The van der Waals surface area contributed by atoms with Gasteiger partial charge in [0.2, 0.25) is 0 Å². The molecule has 13 heavy (non-hydrogen) atoms. The van der Waals surface area contributed by atoms with Crippen molar-refractivity contribution in [3.05, 3.63) is 49.9 Å². The van der Waals surface area contributed by atoms with E-state index in [9.17, 15) is 0 Å². The zero-order chi connectivity index (χ0) is 9.82. The van der Waals surface area contributed by atoms with Crippen molar-refractivity contribution in [3.8, 4) is 0 Å². The molecule has 0 heterocycles. The zero-order valence-corrected chi connectivity index (χ0v) is 8.20. The summed E-state index contributed by atoms with van der Waals surface area (Å²) < 4.78 is 7.88. The van der Waals surface area contributed by atoms with E-state index >= 15 is 0 Å². The SMILES string of the molecule is C=Cc1[c-]cccc1.OO.[CH3-].[O]=[Ni]. The van der Waals surface area contributed by atoms with Gasteiger partial charge in [-0.05, 0) is 0 Å². The quantitative estimate of drug-likeness (QED) is 0.335. The molecule has 1 aromatic carbocycles. The normalized spacial score (nSPS) is 6.15. The molecule has 0 saturated carbocycles. The van der Waals surface area contributed by atoms with Gasteiger partial charge in [-0.1, -0.05) is 0 Å². The van der Waals surface area contributed by atoms with Crippen LogP contribution in [0.2, 0.25) is 0 Å². The van der Waals surface area contributed by atoms with Crippen LogP contribution in [0.1, 0.15) is 5.56 Å². The van der Waals surface area contributed by atoms with Crippen LogP contribution < -0.4 is 0 Å². The van der Waals surface area contributed by atoms with E-state index in [1.165, 1.54) is 0 Å². The van der Waals surface area contributed by atoms with E-state index in [4.69, 9.17) is 14.4 Å². The molecule has 0 bridgehead atoms. The van der Waals surface area contributed by atoms with Crippen LogP contribution in [0.4, 0.5) is 0 Å². The van der Waals surface area contributed by atoms with Gasteiger partial charge in [0.15, 0.2) is 0 Å². The summed E-state index contributed by atoms with van der Waals surface area (Å²) in [5.74, 6) is 0. The first kappa shape index (κ1) is 18.1. The molecule has 1 rings (SSSR count). The van der Waals surface area contributed by atoms with Gasteiger partial charge in [-0.3, -0.25) is 10.5 Å². The van der Waals surface area contributed by atoms with Gasteiger partial charge in [-0.2, -0.15) is 5.56 Å². The number of hydrogen-bond acceptors (Lipinski definition) is 3. The molecule has 0 aliphatic rings. The third kappa shape index (κ3) is 11.2. The second-order valence-corrected chi connectivity index (χ2v) is 1.52. The van der Waals surface area contributed by atoms with E-state index in [1.807, 2.05) is 24.3 Å². The Kier molecular flexibility index (Phi) is 24.0. The van der Waals surface area contributed by atoms with Crippen molar-refractivity contribution in [3.63, 3.8) is 0 Å². The van der Waals surface area contributed by atoms with Gasteiger partial charge in [0.25, 0.3) is 0 Å². The Morgan fingerprint density at radius 1 is 1.38 bits per heavy atom. The molecule has 0 spiro atoms. The molecular formula is C9H12NiO3-2. The Morgan fingerprint density at radius 2 is 1.92 bits per heavy atom. The number of rotatable bonds is 1. The molecule has 0 amide bonds. The van der Waals surface area contributed by atoms with Crippen LogP contribution in [0, 0.1) is 13.5 Å². The summed E-state index contributed by atoms with van der Waals surface area (Å²) >= 11 is 2.62. The molecule has 0 atom stereocenters. The van der Waals surface area contributed by atoms with E-state index in [2.05, 4.69) is 28.0 Å². The maximum absolute atomic E-state index is 7.88. The molecule has 3 nitrogen and oxygen atoms in total. The molecule has 78 valence electrons. The Balaban J connectivity index is -0.000000178. The van der Waals surface area contributed by atoms with Gasteiger partial charge in [0, 0.05) is 0 Å². The average molecular weight is 227 g/mol. The standard InChI is InChI=1S/C8H7.CH3.Ni.H2O2.O/c1-2-8-6-4-3-5-7-8;;;1-2;/h2-6H,1H2;1H3;;1-2H;/q2*-1;;;. The van der Waals surface area contributed by atoms with Gasteiger partial charge in [0.1, 0.15) is 0 Å². The second-order valence-electron chi connectivity index (χ2n) is 1.52.